The van der Waals surface area contributed by atoms with E-state index in [9.17, 15) is 14.0 Å². The van der Waals surface area contributed by atoms with Crippen LogP contribution in [-0.4, -0.2) is 38.9 Å². The lowest BCUT2D eigenvalue weighted by Gasteiger charge is -2.09. The molecule has 1 aromatic heterocycles. The molecule has 1 heterocycles. The first-order chi connectivity index (χ1) is 15.0. The van der Waals surface area contributed by atoms with E-state index in [2.05, 4.69) is 20.8 Å². The topological polar surface area (TPSA) is 88.9 Å². The molecule has 2 amide bonds. The van der Waals surface area contributed by atoms with Crippen LogP contribution in [0.4, 0.5) is 10.1 Å². The third-order valence-corrected chi connectivity index (χ3v) is 5.50. The van der Waals surface area contributed by atoms with E-state index in [1.54, 1.807) is 6.07 Å². The number of rotatable bonds is 9. The molecule has 162 valence electrons. The minimum atomic E-state index is -0.556. The van der Waals surface area contributed by atoms with E-state index in [1.165, 1.54) is 30.0 Å². The van der Waals surface area contributed by atoms with Crippen LogP contribution >= 0.6 is 11.8 Å². The number of carbonyl (C=O) groups excluding carboxylic acids is 2. The summed E-state index contributed by atoms with van der Waals surface area (Å²) in [6.07, 6.45) is 0.442. The number of hydrogen-bond acceptors (Lipinski definition) is 5. The molecular formula is C22H24FN5O2S. The summed E-state index contributed by atoms with van der Waals surface area (Å²) in [5, 5.41) is 14.5. The Kier molecular flexibility index (Phi) is 7.77. The van der Waals surface area contributed by atoms with Crippen LogP contribution in [-0.2, 0) is 17.8 Å². The number of nitrogens with zero attached hydrogens (tertiary/aromatic N) is 3. The van der Waals surface area contributed by atoms with Gasteiger partial charge in [-0.05, 0) is 38.1 Å². The Morgan fingerprint density at radius 2 is 1.84 bits per heavy atom. The van der Waals surface area contributed by atoms with Crippen LogP contribution in [0.25, 0.3) is 0 Å². The molecule has 9 heteroatoms. The highest BCUT2D eigenvalue weighted by atomic mass is 32.2. The van der Waals surface area contributed by atoms with Crippen molar-refractivity contribution in [2.75, 3.05) is 17.6 Å². The van der Waals surface area contributed by atoms with Gasteiger partial charge in [-0.1, -0.05) is 41.6 Å². The first-order valence-corrected chi connectivity index (χ1v) is 10.9. The molecule has 0 saturated carbocycles. The number of nitrogens with one attached hydrogen (secondary N) is 2. The molecule has 0 saturated heterocycles. The Hall–Kier alpha value is -3.20. The number of thioether (sulfide) groups is 1. The first-order valence-electron chi connectivity index (χ1n) is 9.92. The molecule has 2 aromatic carbocycles. The van der Waals surface area contributed by atoms with Gasteiger partial charge in [0.25, 0.3) is 5.91 Å². The van der Waals surface area contributed by atoms with Crippen molar-refractivity contribution in [2.45, 2.75) is 32.0 Å². The van der Waals surface area contributed by atoms with Crippen molar-refractivity contribution in [1.29, 1.82) is 0 Å². The molecule has 2 N–H and O–H groups in total. The standard InChI is InChI=1S/C22H24FN5O2S/c1-3-28-19(12-13-24-21(30)17-6-4-5-7-18(17)23)26-27-22(28)31-14-20(29)25-16-10-8-15(2)9-11-16/h4-11H,3,12-14H2,1-2H3,(H,24,30)(H,25,29). The second kappa shape index (κ2) is 10.7. The second-order valence-corrected chi connectivity index (χ2v) is 7.77. The maximum absolute atomic E-state index is 13.7. The molecule has 0 aliphatic rings. The zero-order valence-corrected chi connectivity index (χ0v) is 18.2. The smallest absolute Gasteiger partial charge is 0.254 e. The zero-order chi connectivity index (χ0) is 22.2. The van der Waals surface area contributed by atoms with E-state index in [1.807, 2.05) is 42.7 Å². The minimum Gasteiger partial charge on any atom is -0.351 e. The molecular weight excluding hydrogens is 417 g/mol. The number of hydrogen-bond donors (Lipinski definition) is 2. The lowest BCUT2D eigenvalue weighted by molar-refractivity contribution is -0.113. The van der Waals surface area contributed by atoms with Gasteiger partial charge in [0, 0.05) is 25.2 Å². The van der Waals surface area contributed by atoms with Gasteiger partial charge in [0.15, 0.2) is 5.16 Å². The Morgan fingerprint density at radius 1 is 1.10 bits per heavy atom. The number of carbonyl (C=O) groups is 2. The van der Waals surface area contributed by atoms with E-state index < -0.39 is 11.7 Å². The van der Waals surface area contributed by atoms with Gasteiger partial charge < -0.3 is 15.2 Å². The van der Waals surface area contributed by atoms with E-state index >= 15 is 0 Å². The molecule has 0 spiro atoms. The van der Waals surface area contributed by atoms with Gasteiger partial charge in [0.05, 0.1) is 11.3 Å². The molecule has 0 atom stereocenters. The molecule has 0 unspecified atom stereocenters. The van der Waals surface area contributed by atoms with Crippen molar-refractivity contribution in [2.24, 2.45) is 0 Å². The number of halogens is 1. The van der Waals surface area contributed by atoms with Crippen LogP contribution in [0, 0.1) is 12.7 Å². The average molecular weight is 442 g/mol. The molecule has 7 nitrogen and oxygen atoms in total. The molecule has 0 bridgehead atoms. The Labute approximate surface area is 184 Å². The van der Waals surface area contributed by atoms with Crippen molar-refractivity contribution in [3.05, 3.63) is 71.3 Å². The summed E-state index contributed by atoms with van der Waals surface area (Å²) in [7, 11) is 0. The van der Waals surface area contributed by atoms with Crippen molar-refractivity contribution < 1.29 is 14.0 Å². The SMILES string of the molecule is CCn1c(CCNC(=O)c2ccccc2F)nnc1SCC(=O)Nc1ccc(C)cc1. The normalized spacial score (nSPS) is 10.7. The quantitative estimate of drug-likeness (QED) is 0.497. The molecule has 0 fully saturated rings. The Bertz CT molecular complexity index is 1050. The lowest BCUT2D eigenvalue weighted by atomic mass is 10.2. The molecule has 0 radical (unpaired) electrons. The zero-order valence-electron chi connectivity index (χ0n) is 17.4. The van der Waals surface area contributed by atoms with E-state index in [0.29, 0.717) is 30.5 Å². The fourth-order valence-corrected chi connectivity index (χ4v) is 3.74. The second-order valence-electron chi connectivity index (χ2n) is 6.83. The minimum absolute atomic E-state index is 0.00953. The van der Waals surface area contributed by atoms with Crippen LogP contribution < -0.4 is 10.6 Å². The van der Waals surface area contributed by atoms with Gasteiger partial charge in [-0.15, -0.1) is 10.2 Å². The molecule has 31 heavy (non-hydrogen) atoms. The van der Waals surface area contributed by atoms with Gasteiger partial charge in [-0.25, -0.2) is 4.39 Å². The van der Waals surface area contributed by atoms with Gasteiger partial charge in [0.1, 0.15) is 11.6 Å². The number of anilines is 1. The van der Waals surface area contributed by atoms with E-state index in [-0.39, 0.29) is 17.2 Å². The van der Waals surface area contributed by atoms with Crippen molar-refractivity contribution >= 4 is 29.3 Å². The molecule has 0 aliphatic heterocycles. The summed E-state index contributed by atoms with van der Waals surface area (Å²) < 4.78 is 15.6. The number of aromatic nitrogens is 3. The molecule has 0 aliphatic carbocycles. The van der Waals surface area contributed by atoms with Crippen LogP contribution in [0.5, 0.6) is 0 Å². The summed E-state index contributed by atoms with van der Waals surface area (Å²) in [4.78, 5) is 24.3. The van der Waals surface area contributed by atoms with Gasteiger partial charge in [0.2, 0.25) is 5.91 Å². The lowest BCUT2D eigenvalue weighted by Crippen LogP contribution is -2.27. The average Bonchev–Trinajstić information content (AvgIpc) is 3.16. The van der Waals surface area contributed by atoms with Crippen molar-refractivity contribution in [1.82, 2.24) is 20.1 Å². The van der Waals surface area contributed by atoms with Gasteiger partial charge in [-0.3, -0.25) is 9.59 Å². The van der Waals surface area contributed by atoms with E-state index in [0.717, 1.165) is 11.3 Å². The maximum Gasteiger partial charge on any atom is 0.254 e. The summed E-state index contributed by atoms with van der Waals surface area (Å²) >= 11 is 1.30. The van der Waals surface area contributed by atoms with Crippen LogP contribution in [0.2, 0.25) is 0 Å². The maximum atomic E-state index is 13.7. The third-order valence-electron chi connectivity index (χ3n) is 4.53. The highest BCUT2D eigenvalue weighted by Gasteiger charge is 2.15. The fourth-order valence-electron chi connectivity index (χ4n) is 2.92. The van der Waals surface area contributed by atoms with Gasteiger partial charge in [-0.2, -0.15) is 0 Å². The molecule has 3 rings (SSSR count). The predicted octanol–water partition coefficient (Wildman–Crippen LogP) is 3.45. The largest absolute Gasteiger partial charge is 0.351 e. The third kappa shape index (κ3) is 6.14. The predicted molar refractivity (Wildman–Crippen MR) is 119 cm³/mol. The molecule has 3 aromatic rings. The summed E-state index contributed by atoms with van der Waals surface area (Å²) in [5.74, 6) is -0.255. The van der Waals surface area contributed by atoms with Crippen molar-refractivity contribution in [3.8, 4) is 0 Å². The summed E-state index contributed by atoms with van der Waals surface area (Å²) in [5.41, 5.74) is 1.88. The highest BCUT2D eigenvalue weighted by molar-refractivity contribution is 7.99. The Morgan fingerprint density at radius 3 is 2.55 bits per heavy atom. The fraction of sp³-hybridized carbons (Fsp3) is 0.273. The summed E-state index contributed by atoms with van der Waals surface area (Å²) in [6, 6.07) is 13.4. The number of aryl methyl sites for hydroxylation is 1. The first kappa shape index (κ1) is 22.5. The van der Waals surface area contributed by atoms with Crippen LogP contribution in [0.15, 0.2) is 53.7 Å². The highest BCUT2D eigenvalue weighted by Crippen LogP contribution is 2.18. The monoisotopic (exact) mass is 441 g/mol. The van der Waals surface area contributed by atoms with Crippen molar-refractivity contribution in [3.63, 3.8) is 0 Å². The summed E-state index contributed by atoms with van der Waals surface area (Å²) in [6.45, 7) is 4.87. The number of amides is 2. The number of benzene rings is 2. The van der Waals surface area contributed by atoms with Gasteiger partial charge >= 0.3 is 0 Å². The van der Waals surface area contributed by atoms with E-state index in [4.69, 9.17) is 0 Å². The Balaban J connectivity index is 1.51. The van der Waals surface area contributed by atoms with Crippen LogP contribution in [0.1, 0.15) is 28.7 Å². The van der Waals surface area contributed by atoms with Crippen LogP contribution in [0.3, 0.4) is 0 Å².